The van der Waals surface area contributed by atoms with Crippen LogP contribution in [0, 0.1) is 0 Å². The van der Waals surface area contributed by atoms with Crippen LogP contribution in [0.4, 0.5) is 0 Å². The molecule has 0 radical (unpaired) electrons. The van der Waals surface area contributed by atoms with Gasteiger partial charge in [-0.05, 0) is 26.8 Å². The molecule has 0 amide bonds. The van der Waals surface area contributed by atoms with Gasteiger partial charge in [0.05, 0.1) is 39.6 Å². The minimum Gasteiger partial charge on any atom is -0.464 e. The summed E-state index contributed by atoms with van der Waals surface area (Å²) in [5, 5.41) is 18.5. The van der Waals surface area contributed by atoms with Gasteiger partial charge in [-0.3, -0.25) is 4.79 Å². The fourth-order valence-electron chi connectivity index (χ4n) is 3.24. The van der Waals surface area contributed by atoms with Crippen molar-refractivity contribution in [3.8, 4) is 0 Å². The normalized spacial score (nSPS) is 26.4. The van der Waals surface area contributed by atoms with E-state index in [0.29, 0.717) is 33.0 Å². The van der Waals surface area contributed by atoms with E-state index < -0.39 is 60.5 Å². The Hall–Kier alpha value is -3.10. The molecule has 3 aliphatic heterocycles. The molecule has 6 atom stereocenters. The first-order valence-corrected chi connectivity index (χ1v) is 12.5. The van der Waals surface area contributed by atoms with Crippen LogP contribution in [-0.4, -0.2) is 110 Å². The summed E-state index contributed by atoms with van der Waals surface area (Å²) in [4.78, 5) is 44.3. The van der Waals surface area contributed by atoms with Crippen molar-refractivity contribution in [1.82, 2.24) is 0 Å². The maximum Gasteiger partial charge on any atom is 0.339 e. The zero-order valence-electron chi connectivity index (χ0n) is 22.6. The van der Waals surface area contributed by atoms with Crippen molar-refractivity contribution in [3.05, 3.63) is 36.5 Å². The third kappa shape index (κ3) is 13.3. The lowest BCUT2D eigenvalue weighted by Gasteiger charge is -2.25. The SMILES string of the molecule is C.CCOC(=O)[C@@H]1OCC=C[C@@H]1O.CCOC(=O)[C@@H]1OCC=C[C@@H]1O.CCOC(=O)[C@H]1OCC=C[C@H]1OC(C)=O. The molecule has 0 aliphatic carbocycles. The number of esters is 4. The van der Waals surface area contributed by atoms with Crippen molar-refractivity contribution in [1.29, 1.82) is 0 Å². The highest BCUT2D eigenvalue weighted by atomic mass is 16.6. The van der Waals surface area contributed by atoms with E-state index in [1.807, 2.05) is 0 Å². The Kier molecular flexibility index (Phi) is 19.1. The first kappa shape index (κ1) is 36.9. The monoisotopic (exact) mass is 574 g/mol. The summed E-state index contributed by atoms with van der Waals surface area (Å²) in [6.45, 7) is 8.30. The first-order chi connectivity index (χ1) is 18.7. The van der Waals surface area contributed by atoms with Gasteiger partial charge in [-0.15, -0.1) is 0 Å². The van der Waals surface area contributed by atoms with E-state index in [4.69, 9.17) is 33.2 Å². The Bertz CT molecular complexity index is 824. The molecule has 0 spiro atoms. The van der Waals surface area contributed by atoms with Crippen LogP contribution in [0.5, 0.6) is 0 Å². The standard InChI is InChI=1S/C10H14O5.2C8H12O4.CH4/c1-3-13-10(12)9-8(15-7(2)11)5-4-6-14-9;2*1-2-11-8(10)7-6(9)4-3-5-12-7;/h4-5,8-9H,3,6H2,1-2H3;2*3-4,6-7,9H,2,5H2,1H3;1H4/t8-,9+;2*6-,7+;/m100./s1. The summed E-state index contributed by atoms with van der Waals surface area (Å²) in [6.07, 6.45) is 4.74. The third-order valence-corrected chi connectivity index (χ3v) is 4.89. The Labute approximate surface area is 234 Å². The summed E-state index contributed by atoms with van der Waals surface area (Å²) < 4.78 is 34.3. The Morgan fingerprint density at radius 2 is 1.02 bits per heavy atom. The van der Waals surface area contributed by atoms with E-state index in [9.17, 15) is 29.4 Å². The molecule has 0 fully saturated rings. The summed E-state index contributed by atoms with van der Waals surface area (Å²) >= 11 is 0. The molecule has 0 aromatic rings. The van der Waals surface area contributed by atoms with Gasteiger partial charge in [0.1, 0.15) is 12.2 Å². The highest BCUT2D eigenvalue weighted by Crippen LogP contribution is 2.13. The zero-order valence-corrected chi connectivity index (χ0v) is 22.6. The number of rotatable bonds is 7. The molecule has 13 nitrogen and oxygen atoms in total. The van der Waals surface area contributed by atoms with Crippen LogP contribution < -0.4 is 0 Å². The van der Waals surface area contributed by atoms with Crippen molar-refractivity contribution in [3.63, 3.8) is 0 Å². The van der Waals surface area contributed by atoms with Crippen molar-refractivity contribution >= 4 is 23.9 Å². The van der Waals surface area contributed by atoms with Crippen LogP contribution in [0.25, 0.3) is 0 Å². The second-order valence-corrected chi connectivity index (χ2v) is 7.86. The van der Waals surface area contributed by atoms with Gasteiger partial charge < -0.3 is 43.4 Å². The molecule has 3 rings (SSSR count). The van der Waals surface area contributed by atoms with Gasteiger partial charge in [-0.25, -0.2) is 14.4 Å². The van der Waals surface area contributed by atoms with Crippen LogP contribution in [0.1, 0.15) is 35.1 Å². The van der Waals surface area contributed by atoms with Crippen LogP contribution in [0.3, 0.4) is 0 Å². The molecule has 0 saturated carbocycles. The van der Waals surface area contributed by atoms with Gasteiger partial charge in [0, 0.05) is 6.92 Å². The van der Waals surface area contributed by atoms with Crippen LogP contribution in [0.15, 0.2) is 36.5 Å². The average molecular weight is 575 g/mol. The molecule has 3 aliphatic rings. The zero-order chi connectivity index (χ0) is 29.2. The first-order valence-electron chi connectivity index (χ1n) is 12.5. The second-order valence-electron chi connectivity index (χ2n) is 7.86. The number of hydrogen-bond donors (Lipinski definition) is 2. The van der Waals surface area contributed by atoms with Gasteiger partial charge >= 0.3 is 23.9 Å². The van der Waals surface area contributed by atoms with Gasteiger partial charge in [0.15, 0.2) is 24.4 Å². The lowest BCUT2D eigenvalue weighted by atomic mass is 10.1. The predicted molar refractivity (Wildman–Crippen MR) is 141 cm³/mol. The fourth-order valence-corrected chi connectivity index (χ4v) is 3.24. The average Bonchev–Trinajstić information content (AvgIpc) is 2.90. The molecule has 40 heavy (non-hydrogen) atoms. The Morgan fingerprint density at radius 1 is 0.675 bits per heavy atom. The van der Waals surface area contributed by atoms with Crippen molar-refractivity contribution < 1.29 is 62.5 Å². The van der Waals surface area contributed by atoms with E-state index in [0.717, 1.165) is 0 Å². The van der Waals surface area contributed by atoms with Gasteiger partial charge in [-0.1, -0.05) is 37.8 Å². The lowest BCUT2D eigenvalue weighted by molar-refractivity contribution is -0.170. The molecule has 3 heterocycles. The summed E-state index contributed by atoms with van der Waals surface area (Å²) in [7, 11) is 0. The summed E-state index contributed by atoms with van der Waals surface area (Å²) in [6, 6.07) is 0. The molecular weight excluding hydrogens is 532 g/mol. The summed E-state index contributed by atoms with van der Waals surface area (Å²) in [5.41, 5.74) is 0. The molecule has 13 heteroatoms. The Morgan fingerprint density at radius 3 is 1.38 bits per heavy atom. The highest BCUT2D eigenvalue weighted by molar-refractivity contribution is 5.77. The van der Waals surface area contributed by atoms with E-state index in [1.165, 1.54) is 19.1 Å². The van der Waals surface area contributed by atoms with Crippen molar-refractivity contribution in [2.24, 2.45) is 0 Å². The van der Waals surface area contributed by atoms with Crippen LogP contribution in [0.2, 0.25) is 0 Å². The van der Waals surface area contributed by atoms with Crippen LogP contribution >= 0.6 is 0 Å². The number of carbonyl (C=O) groups excluding carboxylic acids is 4. The quantitative estimate of drug-likeness (QED) is 0.249. The molecular formula is C27H42O13. The molecule has 0 aromatic carbocycles. The molecule has 2 N–H and O–H groups in total. The maximum atomic E-state index is 11.4. The number of carbonyl (C=O) groups is 4. The molecule has 0 saturated heterocycles. The number of ether oxygens (including phenoxy) is 7. The molecule has 228 valence electrons. The van der Waals surface area contributed by atoms with Crippen molar-refractivity contribution in [2.75, 3.05) is 39.6 Å². The van der Waals surface area contributed by atoms with E-state index in [1.54, 1.807) is 45.1 Å². The molecule has 0 unspecified atom stereocenters. The minimum atomic E-state index is -0.877. The van der Waals surface area contributed by atoms with Crippen molar-refractivity contribution in [2.45, 2.75) is 71.7 Å². The van der Waals surface area contributed by atoms with E-state index >= 15 is 0 Å². The minimum absolute atomic E-state index is 0. The number of hydrogen-bond acceptors (Lipinski definition) is 13. The molecule has 0 bridgehead atoms. The maximum absolute atomic E-state index is 11.4. The van der Waals surface area contributed by atoms with Crippen LogP contribution in [-0.2, 0) is 52.3 Å². The fraction of sp³-hybridized carbons (Fsp3) is 0.630. The third-order valence-electron chi connectivity index (χ3n) is 4.89. The van der Waals surface area contributed by atoms with E-state index in [-0.39, 0.29) is 14.0 Å². The number of aliphatic hydroxyl groups is 2. The van der Waals surface area contributed by atoms with Gasteiger partial charge in [-0.2, -0.15) is 0 Å². The largest absolute Gasteiger partial charge is 0.464 e. The second kappa shape index (κ2) is 20.8. The Balaban J connectivity index is 0.000000568. The topological polar surface area (TPSA) is 173 Å². The molecule has 0 aromatic heterocycles. The highest BCUT2D eigenvalue weighted by Gasteiger charge is 2.33. The summed E-state index contributed by atoms with van der Waals surface area (Å²) in [5.74, 6) is -1.97. The smallest absolute Gasteiger partial charge is 0.339 e. The lowest BCUT2D eigenvalue weighted by Crippen LogP contribution is -2.41. The van der Waals surface area contributed by atoms with Gasteiger partial charge in [0.25, 0.3) is 0 Å². The van der Waals surface area contributed by atoms with E-state index in [2.05, 4.69) is 0 Å². The number of aliphatic hydroxyl groups excluding tert-OH is 2. The predicted octanol–water partition coefficient (Wildman–Crippen LogP) is 0.803. The van der Waals surface area contributed by atoms with Gasteiger partial charge in [0.2, 0.25) is 0 Å².